The van der Waals surface area contributed by atoms with E-state index in [9.17, 15) is 4.79 Å². The van der Waals surface area contributed by atoms with Crippen LogP contribution in [0.3, 0.4) is 0 Å². The topological polar surface area (TPSA) is 70.2 Å². The Bertz CT molecular complexity index is 660. The van der Waals surface area contributed by atoms with Gasteiger partial charge < -0.3 is 15.0 Å². The summed E-state index contributed by atoms with van der Waals surface area (Å²) in [5.41, 5.74) is 1.86. The van der Waals surface area contributed by atoms with E-state index in [-0.39, 0.29) is 18.4 Å². The molecule has 2 fully saturated rings. The number of carbonyl (C=O) groups is 1. The van der Waals surface area contributed by atoms with Crippen LogP contribution >= 0.6 is 0 Å². The fraction of sp³-hybridized carbons (Fsp3) is 0.529. The van der Waals surface area contributed by atoms with Crippen LogP contribution in [0.5, 0.6) is 0 Å². The molecule has 23 heavy (non-hydrogen) atoms. The van der Waals surface area contributed by atoms with Gasteiger partial charge in [-0.15, -0.1) is 0 Å². The SMILES string of the molecule is O=C(Cc1nc2ccccc2[nH]1)N[C@H]1COC[C@@H]1N1CCCC1. The Kier molecular flexibility index (Phi) is 4.01. The van der Waals surface area contributed by atoms with Crippen molar-refractivity contribution < 1.29 is 9.53 Å². The van der Waals surface area contributed by atoms with Crippen molar-refractivity contribution in [3.05, 3.63) is 30.1 Å². The summed E-state index contributed by atoms with van der Waals surface area (Å²) in [7, 11) is 0. The van der Waals surface area contributed by atoms with Crippen LogP contribution in [-0.4, -0.2) is 59.2 Å². The van der Waals surface area contributed by atoms with Crippen molar-refractivity contribution >= 4 is 16.9 Å². The van der Waals surface area contributed by atoms with E-state index < -0.39 is 0 Å². The Labute approximate surface area is 135 Å². The second-order valence-corrected chi connectivity index (χ2v) is 6.40. The third-order valence-electron chi connectivity index (χ3n) is 4.77. The van der Waals surface area contributed by atoms with Crippen molar-refractivity contribution in [1.29, 1.82) is 0 Å². The Hall–Kier alpha value is -1.92. The molecule has 4 rings (SSSR count). The number of likely N-dealkylation sites (tertiary alicyclic amines) is 1. The molecule has 2 atom stereocenters. The van der Waals surface area contributed by atoms with Crippen LogP contribution in [-0.2, 0) is 16.0 Å². The molecule has 2 aliphatic rings. The molecule has 122 valence electrons. The molecule has 2 saturated heterocycles. The maximum absolute atomic E-state index is 12.4. The fourth-order valence-electron chi connectivity index (χ4n) is 3.61. The number of aromatic amines is 1. The van der Waals surface area contributed by atoms with Gasteiger partial charge in [0.05, 0.1) is 42.8 Å². The lowest BCUT2D eigenvalue weighted by Crippen LogP contribution is -2.50. The summed E-state index contributed by atoms with van der Waals surface area (Å²) in [6.45, 7) is 3.55. The van der Waals surface area contributed by atoms with Gasteiger partial charge in [-0.05, 0) is 38.1 Å². The van der Waals surface area contributed by atoms with E-state index >= 15 is 0 Å². The number of hydrogen-bond donors (Lipinski definition) is 2. The van der Waals surface area contributed by atoms with Crippen molar-refractivity contribution in [3.63, 3.8) is 0 Å². The largest absolute Gasteiger partial charge is 0.378 e. The van der Waals surface area contributed by atoms with E-state index in [1.54, 1.807) is 0 Å². The Balaban J connectivity index is 1.39. The summed E-state index contributed by atoms with van der Waals surface area (Å²) < 4.78 is 5.60. The number of aromatic nitrogens is 2. The summed E-state index contributed by atoms with van der Waals surface area (Å²) in [6, 6.07) is 8.23. The van der Waals surface area contributed by atoms with E-state index in [4.69, 9.17) is 4.74 Å². The van der Waals surface area contributed by atoms with Crippen molar-refractivity contribution in [1.82, 2.24) is 20.2 Å². The fourth-order valence-corrected chi connectivity index (χ4v) is 3.61. The normalized spacial score (nSPS) is 25.2. The van der Waals surface area contributed by atoms with Gasteiger partial charge in [0.2, 0.25) is 5.91 Å². The van der Waals surface area contributed by atoms with Gasteiger partial charge in [0.25, 0.3) is 0 Å². The van der Waals surface area contributed by atoms with Gasteiger partial charge in [-0.25, -0.2) is 4.98 Å². The summed E-state index contributed by atoms with van der Waals surface area (Å²) in [4.78, 5) is 22.5. The van der Waals surface area contributed by atoms with E-state index in [2.05, 4.69) is 20.2 Å². The molecule has 6 nitrogen and oxygen atoms in total. The Morgan fingerprint density at radius 3 is 2.96 bits per heavy atom. The number of ether oxygens (including phenoxy) is 1. The smallest absolute Gasteiger partial charge is 0.227 e. The summed E-state index contributed by atoms with van der Waals surface area (Å²) in [6.07, 6.45) is 2.77. The predicted octanol–water partition coefficient (Wildman–Crippen LogP) is 1.08. The first-order valence-corrected chi connectivity index (χ1v) is 8.34. The molecule has 2 N–H and O–H groups in total. The second-order valence-electron chi connectivity index (χ2n) is 6.40. The molecule has 0 radical (unpaired) electrons. The molecule has 1 aromatic heterocycles. The van der Waals surface area contributed by atoms with Gasteiger partial charge >= 0.3 is 0 Å². The lowest BCUT2D eigenvalue weighted by Gasteiger charge is -2.27. The highest BCUT2D eigenvalue weighted by atomic mass is 16.5. The molecule has 2 aromatic rings. The highest BCUT2D eigenvalue weighted by Gasteiger charge is 2.35. The van der Waals surface area contributed by atoms with Crippen LogP contribution < -0.4 is 5.32 Å². The average Bonchev–Trinajstić information content (AvgIpc) is 3.26. The number of fused-ring (bicyclic) bond motifs is 1. The minimum Gasteiger partial charge on any atom is -0.378 e. The standard InChI is InChI=1S/C17H22N4O2/c22-17(9-16-18-12-5-1-2-6-13(12)19-16)20-14-10-23-11-15(14)21-7-3-4-8-21/h1-2,5-6,14-15H,3-4,7-11H2,(H,18,19)(H,20,22)/t14-,15-/m0/s1. The van der Waals surface area contributed by atoms with Crippen LogP contribution in [0.25, 0.3) is 11.0 Å². The first-order chi connectivity index (χ1) is 11.3. The zero-order valence-electron chi connectivity index (χ0n) is 13.1. The number of H-pyrrole nitrogens is 1. The molecule has 3 heterocycles. The zero-order chi connectivity index (χ0) is 15.6. The van der Waals surface area contributed by atoms with Crippen LogP contribution in [0.15, 0.2) is 24.3 Å². The molecule has 2 aliphatic heterocycles. The number of amides is 1. The summed E-state index contributed by atoms with van der Waals surface area (Å²) >= 11 is 0. The van der Waals surface area contributed by atoms with E-state index in [1.807, 2.05) is 24.3 Å². The maximum atomic E-state index is 12.4. The molecule has 6 heteroatoms. The minimum atomic E-state index is 0.00348. The number of carbonyl (C=O) groups excluding carboxylic acids is 1. The lowest BCUT2D eigenvalue weighted by atomic mass is 10.1. The van der Waals surface area contributed by atoms with Crippen LogP contribution in [0.4, 0.5) is 0 Å². The number of hydrogen-bond acceptors (Lipinski definition) is 4. The Morgan fingerprint density at radius 2 is 2.13 bits per heavy atom. The summed E-state index contributed by atoms with van der Waals surface area (Å²) in [5, 5.41) is 3.13. The number of rotatable bonds is 4. The van der Waals surface area contributed by atoms with Gasteiger partial charge in [-0.3, -0.25) is 9.69 Å². The zero-order valence-corrected chi connectivity index (χ0v) is 13.1. The average molecular weight is 314 g/mol. The number of para-hydroxylation sites is 2. The Morgan fingerprint density at radius 1 is 1.30 bits per heavy atom. The number of nitrogens with zero attached hydrogens (tertiary/aromatic N) is 2. The predicted molar refractivity (Wildman–Crippen MR) is 87.1 cm³/mol. The third kappa shape index (κ3) is 3.09. The quantitative estimate of drug-likeness (QED) is 0.886. The molecule has 0 aliphatic carbocycles. The number of benzene rings is 1. The van der Waals surface area contributed by atoms with Crippen molar-refractivity contribution in [2.45, 2.75) is 31.3 Å². The highest BCUT2D eigenvalue weighted by molar-refractivity contribution is 5.80. The van der Waals surface area contributed by atoms with E-state index in [0.29, 0.717) is 18.5 Å². The summed E-state index contributed by atoms with van der Waals surface area (Å²) in [5.74, 6) is 0.712. The van der Waals surface area contributed by atoms with Gasteiger partial charge in [-0.2, -0.15) is 0 Å². The monoisotopic (exact) mass is 314 g/mol. The molecule has 0 unspecified atom stereocenters. The van der Waals surface area contributed by atoms with Crippen LogP contribution in [0.1, 0.15) is 18.7 Å². The first kappa shape index (κ1) is 14.7. The number of nitrogens with one attached hydrogen (secondary N) is 2. The molecule has 0 spiro atoms. The van der Waals surface area contributed by atoms with E-state index in [0.717, 1.165) is 30.7 Å². The molecular formula is C17H22N4O2. The number of imidazole rings is 1. The molecular weight excluding hydrogens is 292 g/mol. The minimum absolute atomic E-state index is 0.00348. The maximum Gasteiger partial charge on any atom is 0.227 e. The van der Waals surface area contributed by atoms with Gasteiger partial charge in [-0.1, -0.05) is 12.1 Å². The van der Waals surface area contributed by atoms with Crippen LogP contribution in [0.2, 0.25) is 0 Å². The van der Waals surface area contributed by atoms with Crippen molar-refractivity contribution in [2.24, 2.45) is 0 Å². The molecule has 0 bridgehead atoms. The molecule has 1 aromatic carbocycles. The lowest BCUT2D eigenvalue weighted by molar-refractivity contribution is -0.121. The van der Waals surface area contributed by atoms with Crippen molar-refractivity contribution in [2.75, 3.05) is 26.3 Å². The van der Waals surface area contributed by atoms with Gasteiger partial charge in [0.15, 0.2) is 0 Å². The van der Waals surface area contributed by atoms with Crippen molar-refractivity contribution in [3.8, 4) is 0 Å². The second kappa shape index (κ2) is 6.29. The highest BCUT2D eigenvalue weighted by Crippen LogP contribution is 2.19. The first-order valence-electron chi connectivity index (χ1n) is 8.34. The molecule has 1 amide bonds. The van der Waals surface area contributed by atoms with Gasteiger partial charge in [0, 0.05) is 0 Å². The molecule has 0 saturated carbocycles. The van der Waals surface area contributed by atoms with Gasteiger partial charge in [0.1, 0.15) is 5.82 Å². The van der Waals surface area contributed by atoms with Crippen LogP contribution in [0, 0.1) is 0 Å². The third-order valence-corrected chi connectivity index (χ3v) is 4.77. The van der Waals surface area contributed by atoms with E-state index in [1.165, 1.54) is 12.8 Å².